The third-order valence-corrected chi connectivity index (χ3v) is 5.46. The molecule has 3 amide bonds. The quantitative estimate of drug-likeness (QED) is 0.266. The van der Waals surface area contributed by atoms with Gasteiger partial charge in [-0.05, 0) is 12.8 Å². The molecule has 0 aromatic heterocycles. The Hall–Kier alpha value is -1.03. The van der Waals surface area contributed by atoms with Crippen LogP contribution in [0.25, 0.3) is 0 Å². The molecule has 0 atom stereocenters. The van der Waals surface area contributed by atoms with Crippen molar-refractivity contribution in [3.05, 3.63) is 0 Å². The fraction of sp³-hybridized carbons (Fsp3) is 0.864. The van der Waals surface area contributed by atoms with Crippen molar-refractivity contribution >= 4 is 17.7 Å². The molecule has 0 N–H and O–H groups in total. The summed E-state index contributed by atoms with van der Waals surface area (Å²) in [5, 5.41) is 0. The number of carbonyl (C=O) groups is 3. The van der Waals surface area contributed by atoms with Gasteiger partial charge in [0.25, 0.3) is 0 Å². The van der Waals surface area contributed by atoms with E-state index in [0.29, 0.717) is 6.54 Å². The van der Waals surface area contributed by atoms with Crippen LogP contribution in [0, 0.1) is 0 Å². The number of nitrogens with zero attached hydrogens (tertiary/aromatic N) is 1. The molecule has 152 valence electrons. The molecular weight excluding hydrogens is 326 g/mol. The predicted octanol–water partition coefficient (Wildman–Crippen LogP) is 5.92. The van der Waals surface area contributed by atoms with Crippen molar-refractivity contribution in [2.75, 3.05) is 6.54 Å². The third-order valence-electron chi connectivity index (χ3n) is 5.46. The van der Waals surface area contributed by atoms with E-state index < -0.39 is 4.48 Å². The minimum Gasteiger partial charge on any atom is -0.230 e. The molecule has 26 heavy (non-hydrogen) atoms. The number of rotatable bonds is 15. The van der Waals surface area contributed by atoms with Gasteiger partial charge in [0.2, 0.25) is 0 Å². The van der Waals surface area contributed by atoms with Gasteiger partial charge < -0.3 is 0 Å². The first-order chi connectivity index (χ1) is 12.4. The molecule has 0 saturated carbocycles. The summed E-state index contributed by atoms with van der Waals surface area (Å²) in [6, 6.07) is 0. The van der Waals surface area contributed by atoms with Gasteiger partial charge in [-0.3, -0.25) is 0 Å². The summed E-state index contributed by atoms with van der Waals surface area (Å²) in [7, 11) is 0. The van der Waals surface area contributed by atoms with E-state index in [1.807, 2.05) is 0 Å². The Balaban J connectivity index is 3.68. The van der Waals surface area contributed by atoms with E-state index in [0.717, 1.165) is 19.3 Å². The van der Waals surface area contributed by atoms with Crippen LogP contribution in [-0.2, 0) is 14.4 Å². The minimum atomic E-state index is -0.627. The van der Waals surface area contributed by atoms with Crippen LogP contribution in [0.5, 0.6) is 0 Å². The Morgan fingerprint density at radius 2 is 0.769 bits per heavy atom. The molecule has 0 radical (unpaired) electrons. The van der Waals surface area contributed by atoms with Gasteiger partial charge in [0.05, 0.1) is 20.8 Å². The minimum absolute atomic E-state index is 0.317. The van der Waals surface area contributed by atoms with Crippen LogP contribution in [0.3, 0.4) is 0 Å². The highest BCUT2D eigenvalue weighted by Crippen LogP contribution is 2.16. The zero-order chi connectivity index (χ0) is 19.8. The van der Waals surface area contributed by atoms with Crippen LogP contribution in [0.1, 0.15) is 118 Å². The Bertz CT molecular complexity index is 382. The number of quaternary nitrogens is 1. The fourth-order valence-corrected chi connectivity index (χ4v) is 3.68. The highest BCUT2D eigenvalue weighted by atomic mass is 16.2. The van der Waals surface area contributed by atoms with Gasteiger partial charge in [-0.2, -0.15) is 0 Å². The maximum absolute atomic E-state index is 11.8. The Morgan fingerprint density at radius 1 is 0.500 bits per heavy atom. The van der Waals surface area contributed by atoms with Crippen molar-refractivity contribution in [2.45, 2.75) is 118 Å². The summed E-state index contributed by atoms with van der Waals surface area (Å²) < 4.78 is -0.627. The molecule has 0 heterocycles. The largest absolute Gasteiger partial charge is 0.325 e. The van der Waals surface area contributed by atoms with E-state index >= 15 is 0 Å². The van der Waals surface area contributed by atoms with Crippen molar-refractivity contribution < 1.29 is 18.9 Å². The van der Waals surface area contributed by atoms with Crippen LogP contribution in [0.2, 0.25) is 0 Å². The molecule has 0 saturated heterocycles. The molecule has 0 aromatic carbocycles. The van der Waals surface area contributed by atoms with Gasteiger partial charge in [0.1, 0.15) is 6.54 Å². The first-order valence-corrected chi connectivity index (χ1v) is 10.8. The predicted molar refractivity (Wildman–Crippen MR) is 107 cm³/mol. The van der Waals surface area contributed by atoms with Crippen molar-refractivity contribution in [2.24, 2.45) is 0 Å². The molecule has 0 aromatic rings. The SMILES string of the molecule is CCCCCCCCCCCCCCCC[N+](C(C)=O)(C(C)=O)C(C)=O. The smallest absolute Gasteiger partial charge is 0.230 e. The lowest BCUT2D eigenvalue weighted by molar-refractivity contribution is -0.701. The molecule has 0 aliphatic heterocycles. The molecule has 0 bridgehead atoms. The summed E-state index contributed by atoms with van der Waals surface area (Å²) in [5.41, 5.74) is 0. The normalized spacial score (nSPS) is 11.5. The molecule has 4 heteroatoms. The number of hydrogen-bond acceptors (Lipinski definition) is 3. The first kappa shape index (κ1) is 25.0. The van der Waals surface area contributed by atoms with Crippen LogP contribution in [0.4, 0.5) is 0 Å². The lowest BCUT2D eigenvalue weighted by Crippen LogP contribution is -2.58. The topological polar surface area (TPSA) is 51.2 Å². The van der Waals surface area contributed by atoms with Gasteiger partial charge >= 0.3 is 17.7 Å². The van der Waals surface area contributed by atoms with E-state index in [4.69, 9.17) is 0 Å². The second-order valence-corrected chi connectivity index (χ2v) is 7.69. The molecule has 0 rings (SSSR count). The summed E-state index contributed by atoms with van der Waals surface area (Å²) in [6.45, 7) is 6.59. The van der Waals surface area contributed by atoms with Crippen LogP contribution < -0.4 is 0 Å². The maximum atomic E-state index is 11.8. The highest BCUT2D eigenvalue weighted by Gasteiger charge is 2.43. The molecule has 0 aliphatic carbocycles. The number of hydrogen-bond donors (Lipinski definition) is 0. The zero-order valence-corrected chi connectivity index (χ0v) is 17.8. The number of unbranched alkanes of at least 4 members (excludes halogenated alkanes) is 13. The highest BCUT2D eigenvalue weighted by molar-refractivity contribution is 5.95. The average molecular weight is 369 g/mol. The third kappa shape index (κ3) is 9.61. The number of carbonyl (C=O) groups excluding carboxylic acids is 3. The van der Waals surface area contributed by atoms with E-state index in [-0.39, 0.29) is 17.7 Å². The Labute approximate surface area is 161 Å². The van der Waals surface area contributed by atoms with E-state index in [2.05, 4.69) is 6.92 Å². The van der Waals surface area contributed by atoms with Gasteiger partial charge in [0.15, 0.2) is 0 Å². The zero-order valence-electron chi connectivity index (χ0n) is 17.8. The van der Waals surface area contributed by atoms with Crippen molar-refractivity contribution in [1.29, 1.82) is 0 Å². The Morgan fingerprint density at radius 3 is 1.04 bits per heavy atom. The fourth-order valence-electron chi connectivity index (χ4n) is 3.68. The van der Waals surface area contributed by atoms with E-state index in [1.54, 1.807) is 0 Å². The van der Waals surface area contributed by atoms with Gasteiger partial charge in [-0.15, -0.1) is 4.48 Å². The summed E-state index contributed by atoms with van der Waals surface area (Å²) >= 11 is 0. The average Bonchev–Trinajstić information content (AvgIpc) is 2.57. The molecule has 0 aliphatic rings. The number of imide groups is 3. The first-order valence-electron chi connectivity index (χ1n) is 10.8. The number of amides is 3. The van der Waals surface area contributed by atoms with Crippen molar-refractivity contribution in [3.63, 3.8) is 0 Å². The Kier molecular flexibility index (Phi) is 14.5. The van der Waals surface area contributed by atoms with Gasteiger partial charge in [-0.25, -0.2) is 14.4 Å². The van der Waals surface area contributed by atoms with Gasteiger partial charge in [0, 0.05) is 0 Å². The summed E-state index contributed by atoms with van der Waals surface area (Å²) in [4.78, 5) is 35.5. The standard InChI is InChI=1S/C22H42NO3/c1-5-6-7-8-9-10-11-12-13-14-15-16-17-18-19-23(20(2)24,21(3)25)22(4)26/h5-19H2,1-4H3/q+1. The second-order valence-electron chi connectivity index (χ2n) is 7.69. The summed E-state index contributed by atoms with van der Waals surface area (Å²) in [6.07, 6.45) is 17.6. The molecule has 4 nitrogen and oxygen atoms in total. The molecular formula is C22H42NO3+. The molecule has 0 spiro atoms. The maximum Gasteiger partial charge on any atom is 0.325 e. The van der Waals surface area contributed by atoms with Crippen molar-refractivity contribution in [1.82, 2.24) is 0 Å². The molecule has 0 fully saturated rings. The van der Waals surface area contributed by atoms with Crippen LogP contribution in [0.15, 0.2) is 0 Å². The van der Waals surface area contributed by atoms with Gasteiger partial charge in [-0.1, -0.05) is 84.0 Å². The second kappa shape index (κ2) is 15.1. The monoisotopic (exact) mass is 368 g/mol. The van der Waals surface area contributed by atoms with Crippen LogP contribution >= 0.6 is 0 Å². The van der Waals surface area contributed by atoms with Crippen molar-refractivity contribution in [3.8, 4) is 0 Å². The lowest BCUT2D eigenvalue weighted by atomic mass is 10.0. The van der Waals surface area contributed by atoms with Crippen LogP contribution in [-0.4, -0.2) is 28.7 Å². The van der Waals surface area contributed by atoms with E-state index in [9.17, 15) is 14.4 Å². The lowest BCUT2D eigenvalue weighted by Gasteiger charge is -2.27. The summed E-state index contributed by atoms with van der Waals surface area (Å²) in [5.74, 6) is -1.08. The molecule has 0 unspecified atom stereocenters. The van der Waals surface area contributed by atoms with E-state index in [1.165, 1.54) is 91.4 Å².